The topological polar surface area (TPSA) is 15.6 Å². The monoisotopic (exact) mass is 388 g/mol. The van der Waals surface area contributed by atoms with Crippen molar-refractivity contribution in [2.45, 2.75) is 66.0 Å². The number of allylic oxidation sites excluding steroid dienone is 1. The van der Waals surface area contributed by atoms with E-state index in [0.29, 0.717) is 30.0 Å². The van der Waals surface area contributed by atoms with Gasteiger partial charge in [-0.3, -0.25) is 9.38 Å². The Kier molecular flexibility index (Phi) is 8.40. The van der Waals surface area contributed by atoms with Gasteiger partial charge in [-0.15, -0.1) is 0 Å². The second-order valence-corrected chi connectivity index (χ2v) is 7.97. The molecule has 0 heterocycles. The second-order valence-electron chi connectivity index (χ2n) is 7.97. The maximum Gasteiger partial charge on any atom is 0.126 e. The molecule has 1 aliphatic carbocycles. The first-order chi connectivity index (χ1) is 13.4. The van der Waals surface area contributed by atoms with Gasteiger partial charge in [-0.25, -0.2) is 4.39 Å². The van der Waals surface area contributed by atoms with E-state index >= 15 is 0 Å². The van der Waals surface area contributed by atoms with Gasteiger partial charge in [0.2, 0.25) is 0 Å². The van der Waals surface area contributed by atoms with Crippen LogP contribution in [0.4, 0.5) is 8.78 Å². The fraction of sp³-hybridized carbons (Fsp3) is 0.542. The van der Waals surface area contributed by atoms with E-state index in [2.05, 4.69) is 30.3 Å². The molecule has 0 aliphatic heterocycles. The highest BCUT2D eigenvalue weighted by Crippen LogP contribution is 2.37. The summed E-state index contributed by atoms with van der Waals surface area (Å²) in [5.74, 6) is 1.04. The zero-order chi connectivity index (χ0) is 20.7. The number of hydrogen-bond donors (Lipinski definition) is 0. The normalized spacial score (nSPS) is 20.3. The number of aliphatic imine (C=N–C) groups is 1. The number of rotatable bonds is 9. The molecule has 2 rings (SSSR count). The van der Waals surface area contributed by atoms with Crippen molar-refractivity contribution < 1.29 is 8.78 Å². The fourth-order valence-electron chi connectivity index (χ4n) is 4.14. The minimum Gasteiger partial charge on any atom is -0.363 e. The van der Waals surface area contributed by atoms with Crippen LogP contribution in [-0.4, -0.2) is 23.8 Å². The summed E-state index contributed by atoms with van der Waals surface area (Å²) in [4.78, 5) is 6.79. The molecule has 1 fully saturated rings. The minimum atomic E-state index is -0.552. The Labute approximate surface area is 169 Å². The van der Waals surface area contributed by atoms with Crippen molar-refractivity contribution in [3.05, 3.63) is 59.2 Å². The van der Waals surface area contributed by atoms with Crippen molar-refractivity contribution in [3.8, 4) is 0 Å². The lowest BCUT2D eigenvalue weighted by Crippen LogP contribution is -2.33. The number of nitrogens with zero attached hydrogens (tertiary/aromatic N) is 2. The lowest BCUT2D eigenvalue weighted by molar-refractivity contribution is 0.239. The predicted octanol–water partition coefficient (Wildman–Crippen LogP) is 6.47. The van der Waals surface area contributed by atoms with Crippen molar-refractivity contribution in [2.24, 2.45) is 16.8 Å². The van der Waals surface area contributed by atoms with Crippen LogP contribution in [0.3, 0.4) is 0 Å². The van der Waals surface area contributed by atoms with Crippen molar-refractivity contribution >= 4 is 6.21 Å². The number of halogens is 2. The van der Waals surface area contributed by atoms with E-state index in [-0.39, 0.29) is 12.2 Å². The van der Waals surface area contributed by atoms with Gasteiger partial charge >= 0.3 is 0 Å². The molecule has 2 atom stereocenters. The van der Waals surface area contributed by atoms with Gasteiger partial charge in [0.05, 0.1) is 18.1 Å². The van der Waals surface area contributed by atoms with Crippen molar-refractivity contribution in [2.75, 3.05) is 6.67 Å². The highest BCUT2D eigenvalue weighted by atomic mass is 19.1. The van der Waals surface area contributed by atoms with E-state index in [0.717, 1.165) is 29.8 Å². The largest absolute Gasteiger partial charge is 0.363 e. The SMILES string of the molecule is C=C(/C(=C/C)N=CC)N(Cc1ccc(F)c(CCF)c1)C1CCC(C(C)C)C1. The molecule has 0 bridgehead atoms. The molecule has 1 aromatic carbocycles. The lowest BCUT2D eigenvalue weighted by atomic mass is 9.94. The first kappa shape index (κ1) is 22.3. The van der Waals surface area contributed by atoms with E-state index in [1.165, 1.54) is 12.5 Å². The fourth-order valence-corrected chi connectivity index (χ4v) is 4.14. The maximum atomic E-state index is 14.0. The number of alkyl halides is 1. The van der Waals surface area contributed by atoms with Gasteiger partial charge in [0.15, 0.2) is 0 Å². The third-order valence-corrected chi connectivity index (χ3v) is 5.84. The predicted molar refractivity (Wildman–Crippen MR) is 115 cm³/mol. The van der Waals surface area contributed by atoms with Crippen LogP contribution in [0.25, 0.3) is 0 Å². The molecule has 2 nitrogen and oxygen atoms in total. The van der Waals surface area contributed by atoms with Crippen molar-refractivity contribution in [1.82, 2.24) is 4.90 Å². The van der Waals surface area contributed by atoms with E-state index in [4.69, 9.17) is 0 Å². The number of hydrogen-bond acceptors (Lipinski definition) is 2. The van der Waals surface area contributed by atoms with Gasteiger partial charge in [-0.05, 0) is 62.1 Å². The zero-order valence-corrected chi connectivity index (χ0v) is 17.7. The van der Waals surface area contributed by atoms with Crippen LogP contribution in [0.5, 0.6) is 0 Å². The second kappa shape index (κ2) is 10.5. The summed E-state index contributed by atoms with van der Waals surface area (Å²) in [6.07, 6.45) is 7.32. The minimum absolute atomic E-state index is 0.111. The molecule has 28 heavy (non-hydrogen) atoms. The molecule has 2 unspecified atom stereocenters. The summed E-state index contributed by atoms with van der Waals surface area (Å²) < 4.78 is 26.7. The highest BCUT2D eigenvalue weighted by Gasteiger charge is 2.32. The smallest absolute Gasteiger partial charge is 0.126 e. The van der Waals surface area contributed by atoms with Gasteiger partial charge < -0.3 is 4.90 Å². The first-order valence-electron chi connectivity index (χ1n) is 10.3. The summed E-state index contributed by atoms with van der Waals surface area (Å²) in [7, 11) is 0. The molecule has 1 saturated carbocycles. The number of aryl methyl sites for hydroxylation is 1. The molecule has 0 aromatic heterocycles. The molecule has 1 aliphatic rings. The van der Waals surface area contributed by atoms with E-state index in [1.54, 1.807) is 18.3 Å². The van der Waals surface area contributed by atoms with Crippen LogP contribution in [0.2, 0.25) is 0 Å². The molecule has 0 amide bonds. The molecular formula is C24H34F2N2. The van der Waals surface area contributed by atoms with E-state index in [1.807, 2.05) is 19.9 Å². The molecule has 0 radical (unpaired) electrons. The van der Waals surface area contributed by atoms with Crippen LogP contribution in [0.1, 0.15) is 58.1 Å². The summed E-state index contributed by atoms with van der Waals surface area (Å²) in [5.41, 5.74) is 3.18. The summed E-state index contributed by atoms with van der Waals surface area (Å²) in [6.45, 7) is 12.9. The Morgan fingerprint density at radius 3 is 2.64 bits per heavy atom. The molecule has 0 saturated heterocycles. The van der Waals surface area contributed by atoms with Gasteiger partial charge in [0, 0.05) is 25.2 Å². The molecule has 4 heteroatoms. The van der Waals surface area contributed by atoms with Gasteiger partial charge in [0.25, 0.3) is 0 Å². The lowest BCUT2D eigenvalue weighted by Gasteiger charge is -2.33. The third kappa shape index (κ3) is 5.52. The molecule has 0 spiro atoms. The van der Waals surface area contributed by atoms with Crippen molar-refractivity contribution in [1.29, 1.82) is 0 Å². The average molecular weight is 389 g/mol. The first-order valence-corrected chi connectivity index (χ1v) is 10.3. The van der Waals surface area contributed by atoms with Crippen LogP contribution in [0, 0.1) is 17.7 Å². The van der Waals surface area contributed by atoms with Gasteiger partial charge in [0.1, 0.15) is 5.82 Å². The summed E-state index contributed by atoms with van der Waals surface area (Å²) in [6, 6.07) is 5.43. The Morgan fingerprint density at radius 2 is 2.07 bits per heavy atom. The Bertz CT molecular complexity index is 721. The van der Waals surface area contributed by atoms with E-state index in [9.17, 15) is 8.78 Å². The van der Waals surface area contributed by atoms with Gasteiger partial charge in [-0.1, -0.05) is 38.6 Å². The van der Waals surface area contributed by atoms with Crippen molar-refractivity contribution in [3.63, 3.8) is 0 Å². The molecule has 154 valence electrons. The number of benzene rings is 1. The van der Waals surface area contributed by atoms with Crippen LogP contribution in [-0.2, 0) is 13.0 Å². The zero-order valence-electron chi connectivity index (χ0n) is 17.7. The van der Waals surface area contributed by atoms with Crippen LogP contribution >= 0.6 is 0 Å². The summed E-state index contributed by atoms with van der Waals surface area (Å²) >= 11 is 0. The Balaban J connectivity index is 2.31. The highest BCUT2D eigenvalue weighted by molar-refractivity contribution is 5.56. The Morgan fingerprint density at radius 1 is 1.32 bits per heavy atom. The van der Waals surface area contributed by atoms with Crippen LogP contribution in [0.15, 0.2) is 47.2 Å². The standard InChI is InChI=1S/C24H34F2N2/c1-6-24(27-7-2)18(5)28(22-10-9-20(15-22)17(3)4)16-19-8-11-23(26)21(14-19)12-13-25/h6-8,11,14,17,20,22H,5,9-10,12-13,15-16H2,1-4H3/b24-6-,27-7?. The average Bonchev–Trinajstić information content (AvgIpc) is 3.16. The van der Waals surface area contributed by atoms with E-state index < -0.39 is 6.67 Å². The molecule has 1 aromatic rings. The molecular weight excluding hydrogens is 354 g/mol. The molecule has 0 N–H and O–H groups in total. The third-order valence-electron chi connectivity index (χ3n) is 5.84. The Hall–Kier alpha value is -1.97. The summed E-state index contributed by atoms with van der Waals surface area (Å²) in [5, 5.41) is 0. The quantitative estimate of drug-likeness (QED) is 0.349. The van der Waals surface area contributed by atoms with Crippen LogP contribution < -0.4 is 0 Å². The maximum absolute atomic E-state index is 14.0. The van der Waals surface area contributed by atoms with Gasteiger partial charge in [-0.2, -0.15) is 0 Å².